The lowest BCUT2D eigenvalue weighted by molar-refractivity contribution is -0.137. The Hall–Kier alpha value is -1.11. The number of hydrogen-bond donors (Lipinski definition) is 1. The number of alkyl halides is 4. The van der Waals surface area contributed by atoms with E-state index in [0.717, 1.165) is 0 Å². The summed E-state index contributed by atoms with van der Waals surface area (Å²) >= 11 is 2.99. The summed E-state index contributed by atoms with van der Waals surface area (Å²) < 4.78 is 50.2. The third-order valence-electron chi connectivity index (χ3n) is 1.89. The Bertz CT molecular complexity index is 419. The van der Waals surface area contributed by atoms with Gasteiger partial charge < -0.3 is 5.32 Å². The van der Waals surface area contributed by atoms with Crippen LogP contribution in [0.4, 0.5) is 23.2 Å². The molecule has 1 rings (SSSR count). The Morgan fingerprint density at radius 3 is 2.53 bits per heavy atom. The number of nitrogens with one attached hydrogen (secondary N) is 1. The molecule has 0 spiro atoms. The van der Waals surface area contributed by atoms with E-state index in [1.165, 1.54) is 0 Å². The molecule has 17 heavy (non-hydrogen) atoms. The third kappa shape index (κ3) is 3.99. The average Bonchev–Trinajstić information content (AvgIpc) is 2.20. The monoisotopic (exact) mass is 313 g/mol. The molecule has 0 atom stereocenters. The molecular formula is C10H8BrF4NO. The van der Waals surface area contributed by atoms with Crippen molar-refractivity contribution in [3.05, 3.63) is 29.6 Å². The average molecular weight is 314 g/mol. The Kier molecular flexibility index (Phi) is 4.50. The van der Waals surface area contributed by atoms with E-state index >= 15 is 0 Å². The number of anilines is 1. The van der Waals surface area contributed by atoms with Crippen LogP contribution in [0.15, 0.2) is 18.2 Å². The zero-order valence-electron chi connectivity index (χ0n) is 8.44. The Morgan fingerprint density at radius 1 is 1.35 bits per heavy atom. The minimum absolute atomic E-state index is 0.0513. The van der Waals surface area contributed by atoms with Crippen molar-refractivity contribution in [2.75, 3.05) is 10.6 Å². The van der Waals surface area contributed by atoms with Crippen LogP contribution in [0, 0.1) is 5.82 Å². The highest BCUT2D eigenvalue weighted by atomic mass is 79.9. The summed E-state index contributed by atoms with van der Waals surface area (Å²) in [4.78, 5) is 11.1. The van der Waals surface area contributed by atoms with E-state index < -0.39 is 29.2 Å². The maximum atomic E-state index is 13.2. The van der Waals surface area contributed by atoms with Gasteiger partial charge in [-0.3, -0.25) is 4.79 Å². The van der Waals surface area contributed by atoms with E-state index in [0.29, 0.717) is 23.5 Å². The summed E-state index contributed by atoms with van der Waals surface area (Å²) in [6, 6.07) is 1.86. The Labute approximate surface area is 103 Å². The normalized spacial score (nSPS) is 11.4. The minimum atomic E-state index is -4.57. The first-order valence-corrected chi connectivity index (χ1v) is 5.69. The maximum absolute atomic E-state index is 13.2. The van der Waals surface area contributed by atoms with Crippen LogP contribution < -0.4 is 5.32 Å². The molecule has 0 saturated carbocycles. The molecule has 94 valence electrons. The van der Waals surface area contributed by atoms with E-state index in [1.54, 1.807) is 0 Å². The van der Waals surface area contributed by atoms with Gasteiger partial charge in [-0.05, 0) is 18.2 Å². The number of amides is 1. The standard InChI is InChI=1S/C10H8BrF4NO/c11-4-3-9(17)16-8-5-6(10(13,14)15)1-2-7(8)12/h1-2,5H,3-4H2,(H,16,17). The van der Waals surface area contributed by atoms with Gasteiger partial charge in [0.1, 0.15) is 5.82 Å². The van der Waals surface area contributed by atoms with Crippen molar-refractivity contribution in [1.29, 1.82) is 0 Å². The van der Waals surface area contributed by atoms with Crippen LogP contribution in [-0.2, 0) is 11.0 Å². The largest absolute Gasteiger partial charge is 0.416 e. The zero-order valence-corrected chi connectivity index (χ0v) is 10.0. The van der Waals surface area contributed by atoms with Crippen molar-refractivity contribution in [2.45, 2.75) is 12.6 Å². The smallest absolute Gasteiger partial charge is 0.324 e. The SMILES string of the molecule is O=C(CCBr)Nc1cc(C(F)(F)F)ccc1F. The number of carbonyl (C=O) groups excluding carboxylic acids is 1. The lowest BCUT2D eigenvalue weighted by atomic mass is 10.2. The molecule has 1 N–H and O–H groups in total. The van der Waals surface area contributed by atoms with Crippen molar-refractivity contribution in [3.63, 3.8) is 0 Å². The van der Waals surface area contributed by atoms with Gasteiger partial charge in [0, 0.05) is 11.8 Å². The molecule has 1 aromatic rings. The van der Waals surface area contributed by atoms with E-state index in [1.807, 2.05) is 0 Å². The van der Waals surface area contributed by atoms with Crippen LogP contribution in [0.2, 0.25) is 0 Å². The van der Waals surface area contributed by atoms with Crippen LogP contribution in [0.5, 0.6) is 0 Å². The summed E-state index contributed by atoms with van der Waals surface area (Å²) in [5, 5.41) is 2.43. The van der Waals surface area contributed by atoms with Gasteiger partial charge in [-0.2, -0.15) is 13.2 Å². The van der Waals surface area contributed by atoms with Gasteiger partial charge in [-0.1, -0.05) is 15.9 Å². The molecule has 0 aromatic heterocycles. The summed E-state index contributed by atoms with van der Waals surface area (Å²) in [6.45, 7) is 0. The summed E-state index contributed by atoms with van der Waals surface area (Å²) in [5.41, 5.74) is -1.47. The van der Waals surface area contributed by atoms with Gasteiger partial charge >= 0.3 is 6.18 Å². The summed E-state index contributed by atoms with van der Waals surface area (Å²) in [5.74, 6) is -1.46. The van der Waals surface area contributed by atoms with Crippen LogP contribution in [0.25, 0.3) is 0 Å². The third-order valence-corrected chi connectivity index (χ3v) is 2.29. The fraction of sp³-hybridized carbons (Fsp3) is 0.300. The molecule has 0 aliphatic rings. The van der Waals surface area contributed by atoms with Crippen molar-refractivity contribution >= 4 is 27.5 Å². The molecule has 1 aromatic carbocycles. The van der Waals surface area contributed by atoms with Crippen LogP contribution in [0.3, 0.4) is 0 Å². The molecular weight excluding hydrogens is 306 g/mol. The molecule has 0 aliphatic carbocycles. The number of carbonyl (C=O) groups is 1. The lowest BCUT2D eigenvalue weighted by Crippen LogP contribution is -2.14. The minimum Gasteiger partial charge on any atom is -0.324 e. The van der Waals surface area contributed by atoms with Gasteiger partial charge in [0.2, 0.25) is 5.91 Å². The first-order valence-electron chi connectivity index (χ1n) is 4.57. The number of rotatable bonds is 3. The molecule has 0 unspecified atom stereocenters. The number of hydrogen-bond acceptors (Lipinski definition) is 1. The Morgan fingerprint density at radius 2 is 2.00 bits per heavy atom. The quantitative estimate of drug-likeness (QED) is 0.671. The Balaban J connectivity index is 2.95. The first-order chi connectivity index (χ1) is 7.84. The molecule has 0 fully saturated rings. The van der Waals surface area contributed by atoms with Crippen molar-refractivity contribution in [3.8, 4) is 0 Å². The highest BCUT2D eigenvalue weighted by Gasteiger charge is 2.31. The van der Waals surface area contributed by atoms with Crippen LogP contribution in [-0.4, -0.2) is 11.2 Å². The van der Waals surface area contributed by atoms with E-state index in [-0.39, 0.29) is 6.42 Å². The molecule has 1 amide bonds. The van der Waals surface area contributed by atoms with Gasteiger partial charge in [-0.15, -0.1) is 0 Å². The second-order valence-electron chi connectivity index (χ2n) is 3.18. The highest BCUT2D eigenvalue weighted by Crippen LogP contribution is 2.31. The van der Waals surface area contributed by atoms with E-state index in [2.05, 4.69) is 21.2 Å². The predicted octanol–water partition coefficient (Wildman–Crippen LogP) is 3.57. The van der Waals surface area contributed by atoms with Crippen LogP contribution in [0.1, 0.15) is 12.0 Å². The van der Waals surface area contributed by atoms with Crippen LogP contribution >= 0.6 is 15.9 Å². The van der Waals surface area contributed by atoms with Gasteiger partial charge in [0.25, 0.3) is 0 Å². The topological polar surface area (TPSA) is 29.1 Å². The van der Waals surface area contributed by atoms with Gasteiger partial charge in [0.05, 0.1) is 11.3 Å². The molecule has 0 saturated heterocycles. The molecule has 7 heteroatoms. The zero-order chi connectivity index (χ0) is 13.1. The van der Waals surface area contributed by atoms with Gasteiger partial charge in [-0.25, -0.2) is 4.39 Å². The van der Waals surface area contributed by atoms with E-state index in [4.69, 9.17) is 0 Å². The molecule has 0 bridgehead atoms. The van der Waals surface area contributed by atoms with Crippen molar-refractivity contribution < 1.29 is 22.4 Å². The summed E-state index contributed by atoms with van der Waals surface area (Å²) in [7, 11) is 0. The second-order valence-corrected chi connectivity index (χ2v) is 3.97. The fourth-order valence-corrected chi connectivity index (χ4v) is 1.46. The van der Waals surface area contributed by atoms with Crippen molar-refractivity contribution in [1.82, 2.24) is 0 Å². The van der Waals surface area contributed by atoms with Gasteiger partial charge in [0.15, 0.2) is 0 Å². The van der Waals surface area contributed by atoms with E-state index in [9.17, 15) is 22.4 Å². The number of halogens is 5. The lowest BCUT2D eigenvalue weighted by Gasteiger charge is -2.10. The molecule has 0 radical (unpaired) electrons. The maximum Gasteiger partial charge on any atom is 0.416 e. The molecule has 0 heterocycles. The fourth-order valence-electron chi connectivity index (χ4n) is 1.10. The second kappa shape index (κ2) is 5.48. The van der Waals surface area contributed by atoms with Crippen molar-refractivity contribution in [2.24, 2.45) is 0 Å². The summed E-state index contributed by atoms with van der Waals surface area (Å²) in [6.07, 6.45) is -4.52. The predicted molar refractivity (Wildman–Crippen MR) is 58.4 cm³/mol. The first kappa shape index (κ1) is 14.0. The molecule has 2 nitrogen and oxygen atoms in total. The highest BCUT2D eigenvalue weighted by molar-refractivity contribution is 9.09. The molecule has 0 aliphatic heterocycles. The number of benzene rings is 1.